The van der Waals surface area contributed by atoms with Crippen LogP contribution < -0.4 is 4.72 Å². The van der Waals surface area contributed by atoms with Crippen molar-refractivity contribution in [3.05, 3.63) is 29.8 Å². The van der Waals surface area contributed by atoms with Crippen LogP contribution in [0, 0.1) is 17.6 Å². The first-order valence-corrected chi connectivity index (χ1v) is 7.35. The number of nitrogens with one attached hydrogen (secondary N) is 1. The summed E-state index contributed by atoms with van der Waals surface area (Å²) in [4.78, 5) is -0.726. The maximum atomic E-state index is 13.5. The van der Waals surface area contributed by atoms with Crippen molar-refractivity contribution in [1.29, 1.82) is 0 Å². The fraction of sp³-hybridized carbons (Fsp3) is 0.500. The van der Waals surface area contributed by atoms with Gasteiger partial charge >= 0.3 is 0 Å². The van der Waals surface area contributed by atoms with Crippen molar-refractivity contribution in [2.45, 2.75) is 31.2 Å². The first-order chi connectivity index (χ1) is 8.79. The summed E-state index contributed by atoms with van der Waals surface area (Å²) >= 11 is 0. The van der Waals surface area contributed by atoms with Crippen LogP contribution in [-0.2, 0) is 10.0 Å². The van der Waals surface area contributed by atoms with E-state index in [0.29, 0.717) is 0 Å². The lowest BCUT2D eigenvalue weighted by Gasteiger charge is -2.21. The third-order valence-corrected chi connectivity index (χ3v) is 4.26. The maximum absolute atomic E-state index is 13.5. The van der Waals surface area contributed by atoms with Gasteiger partial charge in [-0.3, -0.25) is 0 Å². The Balaban J connectivity index is 3.07. The van der Waals surface area contributed by atoms with Gasteiger partial charge in [-0.1, -0.05) is 19.9 Å². The Kier molecular flexibility index (Phi) is 5.39. The molecule has 0 fully saturated rings. The molecule has 0 bridgehead atoms. The molecule has 2 N–H and O–H groups in total. The molecule has 1 aromatic carbocycles. The van der Waals surface area contributed by atoms with Crippen molar-refractivity contribution in [3.8, 4) is 0 Å². The number of hydrogen-bond acceptors (Lipinski definition) is 3. The average molecular weight is 293 g/mol. The van der Waals surface area contributed by atoms with E-state index in [1.807, 2.05) is 0 Å². The molecule has 0 spiro atoms. The number of sulfonamides is 1. The molecule has 108 valence electrons. The third kappa shape index (κ3) is 3.95. The number of rotatable bonds is 6. The van der Waals surface area contributed by atoms with E-state index in [9.17, 15) is 17.2 Å². The van der Waals surface area contributed by atoms with E-state index in [1.54, 1.807) is 13.8 Å². The van der Waals surface area contributed by atoms with E-state index >= 15 is 0 Å². The minimum atomic E-state index is -4.16. The molecule has 0 radical (unpaired) electrons. The highest BCUT2D eigenvalue weighted by molar-refractivity contribution is 7.89. The molecule has 0 saturated carbocycles. The number of hydrogen-bond donors (Lipinski definition) is 2. The standard InChI is InChI=1S/C12H17F2NO3S/c1-8(2)10(6-7-16)15-19(17,18)11-5-3-4-9(13)12(11)14/h3-5,8,10,15-16H,6-7H2,1-2H3. The molecule has 1 rings (SSSR count). The van der Waals surface area contributed by atoms with Gasteiger partial charge < -0.3 is 5.11 Å². The summed E-state index contributed by atoms with van der Waals surface area (Å²) in [7, 11) is -4.16. The molecule has 0 saturated heterocycles. The molecule has 1 aromatic rings. The Labute approximate surface area is 111 Å². The number of aliphatic hydroxyl groups is 1. The molecule has 0 aromatic heterocycles. The van der Waals surface area contributed by atoms with Crippen LogP contribution >= 0.6 is 0 Å². The highest BCUT2D eigenvalue weighted by Gasteiger charge is 2.26. The second-order valence-corrected chi connectivity index (χ2v) is 6.22. The zero-order chi connectivity index (χ0) is 14.6. The van der Waals surface area contributed by atoms with Gasteiger partial charge in [-0.15, -0.1) is 0 Å². The first-order valence-electron chi connectivity index (χ1n) is 5.86. The highest BCUT2D eigenvalue weighted by atomic mass is 32.2. The monoisotopic (exact) mass is 293 g/mol. The highest BCUT2D eigenvalue weighted by Crippen LogP contribution is 2.18. The Hall–Kier alpha value is -1.05. The van der Waals surface area contributed by atoms with Crippen LogP contribution in [0.25, 0.3) is 0 Å². The number of benzene rings is 1. The van der Waals surface area contributed by atoms with Crippen LogP contribution in [0.5, 0.6) is 0 Å². The lowest BCUT2D eigenvalue weighted by Crippen LogP contribution is -2.39. The Morgan fingerprint density at radius 1 is 1.32 bits per heavy atom. The van der Waals surface area contributed by atoms with E-state index in [0.717, 1.165) is 18.2 Å². The molecule has 0 aliphatic rings. The second-order valence-electron chi connectivity index (χ2n) is 4.54. The largest absolute Gasteiger partial charge is 0.396 e. The van der Waals surface area contributed by atoms with Crippen molar-refractivity contribution in [2.24, 2.45) is 5.92 Å². The molecule has 0 aliphatic carbocycles. The molecule has 4 nitrogen and oxygen atoms in total. The van der Waals surface area contributed by atoms with Crippen molar-refractivity contribution < 1.29 is 22.3 Å². The van der Waals surface area contributed by atoms with Crippen molar-refractivity contribution >= 4 is 10.0 Å². The molecule has 1 unspecified atom stereocenters. The summed E-state index contributed by atoms with van der Waals surface area (Å²) in [6.07, 6.45) is 0.202. The SMILES string of the molecule is CC(C)C(CCO)NS(=O)(=O)c1cccc(F)c1F. The maximum Gasteiger partial charge on any atom is 0.243 e. The quantitative estimate of drug-likeness (QED) is 0.838. The van der Waals surface area contributed by atoms with Crippen LogP contribution in [0.4, 0.5) is 8.78 Å². The lowest BCUT2D eigenvalue weighted by atomic mass is 10.0. The van der Waals surface area contributed by atoms with Gasteiger partial charge in [0.1, 0.15) is 4.90 Å². The first kappa shape index (κ1) is 16.0. The van der Waals surface area contributed by atoms with E-state index < -0.39 is 32.6 Å². The van der Waals surface area contributed by atoms with E-state index in [1.165, 1.54) is 0 Å². The summed E-state index contributed by atoms with van der Waals surface area (Å²) in [5.74, 6) is -2.70. The van der Waals surface area contributed by atoms with Gasteiger partial charge in [0, 0.05) is 12.6 Å². The molecule has 0 aliphatic heterocycles. The second kappa shape index (κ2) is 6.40. The fourth-order valence-corrected chi connectivity index (χ4v) is 3.13. The van der Waals surface area contributed by atoms with E-state index in [-0.39, 0.29) is 18.9 Å². The number of halogens is 2. The zero-order valence-electron chi connectivity index (χ0n) is 10.7. The smallest absolute Gasteiger partial charge is 0.243 e. The van der Waals surface area contributed by atoms with Gasteiger partial charge in [-0.2, -0.15) is 0 Å². The Morgan fingerprint density at radius 2 is 1.95 bits per heavy atom. The third-order valence-electron chi connectivity index (χ3n) is 2.76. The van der Waals surface area contributed by atoms with Crippen LogP contribution in [0.3, 0.4) is 0 Å². The van der Waals surface area contributed by atoms with Crippen molar-refractivity contribution in [2.75, 3.05) is 6.61 Å². The summed E-state index contributed by atoms with van der Waals surface area (Å²) in [6.45, 7) is 3.34. The molecule has 0 amide bonds. The van der Waals surface area contributed by atoms with Crippen LogP contribution in [0.15, 0.2) is 23.1 Å². The molecular formula is C12H17F2NO3S. The predicted octanol–water partition coefficient (Wildman–Crippen LogP) is 1.65. The normalized spacial score (nSPS) is 13.8. The summed E-state index contributed by atoms with van der Waals surface area (Å²) in [6, 6.07) is 2.43. The molecule has 0 heterocycles. The van der Waals surface area contributed by atoms with Gasteiger partial charge in [0.2, 0.25) is 10.0 Å². The van der Waals surface area contributed by atoms with E-state index in [2.05, 4.69) is 4.72 Å². The van der Waals surface area contributed by atoms with Crippen LogP contribution in [0.2, 0.25) is 0 Å². The van der Waals surface area contributed by atoms with Gasteiger partial charge in [0.05, 0.1) is 0 Å². The summed E-state index contributed by atoms with van der Waals surface area (Å²) in [5.41, 5.74) is 0. The minimum Gasteiger partial charge on any atom is -0.396 e. The average Bonchev–Trinajstić information content (AvgIpc) is 2.31. The lowest BCUT2D eigenvalue weighted by molar-refractivity contribution is 0.255. The summed E-state index contributed by atoms with van der Waals surface area (Å²) in [5, 5.41) is 8.88. The van der Waals surface area contributed by atoms with E-state index in [4.69, 9.17) is 5.11 Å². The van der Waals surface area contributed by atoms with Crippen molar-refractivity contribution in [3.63, 3.8) is 0 Å². The Bertz CT molecular complexity index is 532. The Morgan fingerprint density at radius 3 is 2.47 bits per heavy atom. The molecule has 19 heavy (non-hydrogen) atoms. The predicted molar refractivity (Wildman–Crippen MR) is 67.0 cm³/mol. The molecule has 1 atom stereocenters. The van der Waals surface area contributed by atoms with Gasteiger partial charge in [-0.25, -0.2) is 21.9 Å². The van der Waals surface area contributed by atoms with Gasteiger partial charge in [-0.05, 0) is 24.5 Å². The molecule has 7 heteroatoms. The zero-order valence-corrected chi connectivity index (χ0v) is 11.5. The topological polar surface area (TPSA) is 66.4 Å². The van der Waals surface area contributed by atoms with Crippen LogP contribution in [0.1, 0.15) is 20.3 Å². The fourth-order valence-electron chi connectivity index (χ4n) is 1.62. The van der Waals surface area contributed by atoms with Gasteiger partial charge in [0.15, 0.2) is 11.6 Å². The minimum absolute atomic E-state index is 0.0847. The molecular weight excluding hydrogens is 276 g/mol. The van der Waals surface area contributed by atoms with Crippen LogP contribution in [-0.4, -0.2) is 26.2 Å². The number of aliphatic hydroxyl groups excluding tert-OH is 1. The van der Waals surface area contributed by atoms with Gasteiger partial charge in [0.25, 0.3) is 0 Å². The summed E-state index contributed by atoms with van der Waals surface area (Å²) < 4.78 is 52.8. The van der Waals surface area contributed by atoms with Crippen molar-refractivity contribution in [1.82, 2.24) is 4.72 Å².